The van der Waals surface area contributed by atoms with E-state index in [1.54, 1.807) is 0 Å². The normalized spacial score (nSPS) is 24.0. The second-order valence-electron chi connectivity index (χ2n) is 6.23. The summed E-state index contributed by atoms with van der Waals surface area (Å²) >= 11 is 0. The van der Waals surface area contributed by atoms with Crippen LogP contribution in [0.3, 0.4) is 0 Å². The fourth-order valence-corrected chi connectivity index (χ4v) is 2.75. The molecule has 122 valence electrons. The molecule has 0 radical (unpaired) electrons. The number of likely N-dealkylation sites (tertiary alicyclic amines) is 1. The van der Waals surface area contributed by atoms with Crippen molar-refractivity contribution in [2.45, 2.75) is 40.2 Å². The summed E-state index contributed by atoms with van der Waals surface area (Å²) in [5, 5.41) is 4.13. The lowest BCUT2D eigenvalue weighted by molar-refractivity contribution is 0.0508. The number of halogens is 1. The van der Waals surface area contributed by atoms with E-state index in [1.165, 1.54) is 0 Å². The van der Waals surface area contributed by atoms with Gasteiger partial charge >= 0.3 is 5.97 Å². The molecule has 2 atom stereocenters. The van der Waals surface area contributed by atoms with E-state index in [2.05, 4.69) is 31.0 Å². The van der Waals surface area contributed by atoms with Crippen LogP contribution in [0.25, 0.3) is 0 Å². The van der Waals surface area contributed by atoms with E-state index in [0.29, 0.717) is 17.5 Å². The summed E-state index contributed by atoms with van der Waals surface area (Å²) in [4.78, 5) is 19.6. The number of nitrogens with zero attached hydrogens (tertiary/aromatic N) is 2. The van der Waals surface area contributed by atoms with Crippen molar-refractivity contribution in [1.82, 2.24) is 4.90 Å². The molecule has 0 aromatic heterocycles. The van der Waals surface area contributed by atoms with Gasteiger partial charge < -0.3 is 9.74 Å². The van der Waals surface area contributed by atoms with Gasteiger partial charge in [-0.2, -0.15) is 0 Å². The maximum atomic E-state index is 12.1. The zero-order valence-corrected chi connectivity index (χ0v) is 14.7. The molecule has 0 spiro atoms. The molecular weight excluding hydrogens is 300 g/mol. The minimum atomic E-state index is -0.381. The van der Waals surface area contributed by atoms with E-state index in [9.17, 15) is 4.79 Å². The van der Waals surface area contributed by atoms with Crippen molar-refractivity contribution in [1.29, 1.82) is 0 Å². The van der Waals surface area contributed by atoms with Crippen molar-refractivity contribution in [2.75, 3.05) is 13.6 Å². The van der Waals surface area contributed by atoms with E-state index in [4.69, 9.17) is 4.84 Å². The molecule has 5 heteroatoms. The van der Waals surface area contributed by atoms with Gasteiger partial charge in [-0.3, -0.25) is 0 Å². The van der Waals surface area contributed by atoms with E-state index >= 15 is 0 Å². The average Bonchev–Trinajstić information content (AvgIpc) is 2.40. The van der Waals surface area contributed by atoms with Crippen molar-refractivity contribution in [3.05, 3.63) is 34.9 Å². The lowest BCUT2D eigenvalue weighted by atomic mass is 9.93. The summed E-state index contributed by atoms with van der Waals surface area (Å²) in [5.41, 5.74) is 3.63. The van der Waals surface area contributed by atoms with Crippen LogP contribution in [-0.2, 0) is 4.84 Å². The Labute approximate surface area is 138 Å². The third-order valence-electron chi connectivity index (χ3n) is 4.09. The Morgan fingerprint density at radius 3 is 2.41 bits per heavy atom. The lowest BCUT2D eigenvalue weighted by Crippen LogP contribution is -2.43. The van der Waals surface area contributed by atoms with Crippen molar-refractivity contribution < 1.29 is 9.63 Å². The minimum Gasteiger partial charge on any atom is -0.313 e. The van der Waals surface area contributed by atoms with Crippen LogP contribution in [0.5, 0.6) is 0 Å². The highest BCUT2D eigenvalue weighted by Crippen LogP contribution is 2.18. The van der Waals surface area contributed by atoms with Gasteiger partial charge in [0.2, 0.25) is 0 Å². The van der Waals surface area contributed by atoms with Crippen LogP contribution in [0.1, 0.15) is 41.8 Å². The smallest absolute Gasteiger partial charge is 0.313 e. The molecule has 2 unspecified atom stereocenters. The fraction of sp³-hybridized carbons (Fsp3) is 0.529. The first kappa shape index (κ1) is 18.7. The summed E-state index contributed by atoms with van der Waals surface area (Å²) in [6.07, 6.45) is 0.845. The second-order valence-corrected chi connectivity index (χ2v) is 6.23. The molecule has 0 N–H and O–H groups in total. The van der Waals surface area contributed by atoms with Crippen LogP contribution < -0.4 is 0 Å². The molecule has 4 nitrogen and oxygen atoms in total. The van der Waals surface area contributed by atoms with Gasteiger partial charge in [-0.05, 0) is 40.0 Å². The Morgan fingerprint density at radius 2 is 1.82 bits per heavy atom. The molecule has 1 aliphatic rings. The van der Waals surface area contributed by atoms with Crippen LogP contribution >= 0.6 is 12.4 Å². The molecule has 1 aromatic carbocycles. The summed E-state index contributed by atoms with van der Waals surface area (Å²) in [6.45, 7) is 9.16. The molecule has 1 fully saturated rings. The van der Waals surface area contributed by atoms with Gasteiger partial charge in [0.25, 0.3) is 0 Å². The zero-order chi connectivity index (χ0) is 15.6. The summed E-state index contributed by atoms with van der Waals surface area (Å²) < 4.78 is 0. The number of carbonyl (C=O) groups is 1. The van der Waals surface area contributed by atoms with Crippen molar-refractivity contribution in [3.8, 4) is 0 Å². The van der Waals surface area contributed by atoms with Gasteiger partial charge in [0, 0.05) is 24.9 Å². The van der Waals surface area contributed by atoms with Crippen LogP contribution in [-0.4, -0.2) is 36.2 Å². The molecule has 0 amide bonds. The quantitative estimate of drug-likeness (QED) is 0.616. The predicted molar refractivity (Wildman–Crippen MR) is 91.9 cm³/mol. The Bertz CT molecular complexity index is 552. The first-order valence-electron chi connectivity index (χ1n) is 7.43. The van der Waals surface area contributed by atoms with E-state index in [1.807, 2.05) is 32.0 Å². The number of piperidine rings is 1. The standard InChI is InChI=1S/C17H24N2O2.ClH/c1-11-6-12(2)8-15(7-11)17(20)21-18-16-9-14(4)19(5)10-13(16)3;/h6-8,13-14H,9-10H2,1-5H3;1H/b18-16-;. The Balaban J connectivity index is 0.00000242. The van der Waals surface area contributed by atoms with Crippen molar-refractivity contribution in [3.63, 3.8) is 0 Å². The number of oxime groups is 1. The van der Waals surface area contributed by atoms with E-state index < -0.39 is 0 Å². The minimum absolute atomic E-state index is 0. The van der Waals surface area contributed by atoms with E-state index in [-0.39, 0.29) is 18.4 Å². The molecule has 2 rings (SSSR count). The predicted octanol–water partition coefficient (Wildman–Crippen LogP) is 3.60. The highest BCUT2D eigenvalue weighted by atomic mass is 35.5. The van der Waals surface area contributed by atoms with Crippen LogP contribution in [0, 0.1) is 19.8 Å². The maximum Gasteiger partial charge on any atom is 0.365 e. The highest BCUT2D eigenvalue weighted by molar-refractivity contribution is 5.92. The Morgan fingerprint density at radius 1 is 1.23 bits per heavy atom. The topological polar surface area (TPSA) is 41.9 Å². The first-order valence-corrected chi connectivity index (χ1v) is 7.43. The number of hydrogen-bond donors (Lipinski definition) is 0. The third kappa shape index (κ3) is 4.55. The van der Waals surface area contributed by atoms with Gasteiger partial charge in [0.05, 0.1) is 11.3 Å². The Kier molecular flexibility index (Phi) is 6.57. The molecule has 1 saturated heterocycles. The van der Waals surface area contributed by atoms with Crippen molar-refractivity contribution in [2.24, 2.45) is 11.1 Å². The molecular formula is C17H25ClN2O2. The summed E-state index contributed by atoms with van der Waals surface area (Å²) in [7, 11) is 2.11. The average molecular weight is 325 g/mol. The van der Waals surface area contributed by atoms with Gasteiger partial charge in [0.1, 0.15) is 0 Å². The number of carbonyl (C=O) groups excluding carboxylic acids is 1. The monoisotopic (exact) mass is 324 g/mol. The molecule has 0 saturated carbocycles. The van der Waals surface area contributed by atoms with Gasteiger partial charge in [0.15, 0.2) is 0 Å². The Hall–Kier alpha value is -1.39. The van der Waals surface area contributed by atoms with Crippen LogP contribution in [0.2, 0.25) is 0 Å². The molecule has 1 heterocycles. The number of aryl methyl sites for hydroxylation is 2. The summed E-state index contributed by atoms with van der Waals surface area (Å²) in [5.74, 6) is -0.0636. The van der Waals surface area contributed by atoms with Gasteiger partial charge in [-0.25, -0.2) is 4.79 Å². The van der Waals surface area contributed by atoms with Crippen molar-refractivity contribution >= 4 is 24.1 Å². The van der Waals surface area contributed by atoms with Crippen LogP contribution in [0.15, 0.2) is 23.4 Å². The number of hydrogen-bond acceptors (Lipinski definition) is 4. The molecule has 1 aromatic rings. The molecule has 22 heavy (non-hydrogen) atoms. The van der Waals surface area contributed by atoms with E-state index in [0.717, 1.165) is 29.8 Å². The second kappa shape index (κ2) is 7.75. The maximum absolute atomic E-state index is 12.1. The zero-order valence-electron chi connectivity index (χ0n) is 13.9. The lowest BCUT2D eigenvalue weighted by Gasteiger charge is -2.34. The fourth-order valence-electron chi connectivity index (χ4n) is 2.75. The largest absolute Gasteiger partial charge is 0.365 e. The molecule has 1 aliphatic heterocycles. The number of rotatable bonds is 2. The summed E-state index contributed by atoms with van der Waals surface area (Å²) in [6, 6.07) is 6.12. The highest BCUT2D eigenvalue weighted by Gasteiger charge is 2.26. The third-order valence-corrected chi connectivity index (χ3v) is 4.09. The molecule has 0 aliphatic carbocycles. The van der Waals surface area contributed by atoms with Crippen LogP contribution in [0.4, 0.5) is 0 Å². The van der Waals surface area contributed by atoms with Gasteiger partial charge in [-0.1, -0.05) is 29.3 Å². The first-order chi connectivity index (χ1) is 9.86. The number of benzene rings is 1. The molecule has 0 bridgehead atoms. The van der Waals surface area contributed by atoms with Gasteiger partial charge in [-0.15, -0.1) is 12.4 Å². The SMILES string of the molecule is Cc1cc(C)cc(C(=O)O/N=C2/CC(C)N(C)CC2C)c1.Cl.